The second kappa shape index (κ2) is 24.6. The fraction of sp³-hybridized carbons (Fsp3) is 0.171. The van der Waals surface area contributed by atoms with Crippen LogP contribution in [0.1, 0.15) is 104 Å². The summed E-state index contributed by atoms with van der Waals surface area (Å²) in [5.41, 5.74) is 14.6. The maximum Gasteiger partial charge on any atom is 0.254 e. The second-order valence-corrected chi connectivity index (χ2v) is 21.4. The Morgan fingerprint density at radius 3 is 1.66 bits per heavy atom. The van der Waals surface area contributed by atoms with Crippen LogP contribution < -0.4 is 14.8 Å². The molecular formula is C70H64Cl2N4O4. The average Bonchev–Trinajstić information content (AvgIpc) is 4.29. The van der Waals surface area contributed by atoms with E-state index in [1.807, 2.05) is 179 Å². The van der Waals surface area contributed by atoms with Crippen LogP contribution in [0.4, 0.5) is 0 Å². The van der Waals surface area contributed by atoms with E-state index in [4.69, 9.17) is 32.7 Å². The molecule has 2 aromatic heterocycles. The van der Waals surface area contributed by atoms with Crippen molar-refractivity contribution in [3.05, 3.63) is 284 Å². The number of benzene rings is 8. The molecule has 2 amide bonds. The van der Waals surface area contributed by atoms with E-state index in [2.05, 4.69) is 95.0 Å². The van der Waals surface area contributed by atoms with Crippen molar-refractivity contribution in [1.82, 2.24) is 19.4 Å². The molecule has 0 aliphatic heterocycles. The zero-order valence-corrected chi connectivity index (χ0v) is 47.4. The van der Waals surface area contributed by atoms with Gasteiger partial charge in [-0.15, -0.1) is 0 Å². The zero-order valence-electron chi connectivity index (χ0n) is 45.9. The standard InChI is InChI=1S/C70H64Cl2N4O4/c1-46(38-51-30-32-54(33-31-51)49(4)73-69(77)56-24-16-26-59(39-56)75-47(2)28-35-65(75)62-41-58(71)34-37-67(62)79-44-52-18-10-7-11-19-52)61-43-68(80-45-53-20-12-8-13-21-53)63(42-64(61)72)66-36-29-48(3)76(66)60-27-17-25-57(40-60)70(78)74(6)50(5)55-22-14-9-15-23-55/h7-37,39-43,46,49-50H,38,44-45H2,1-6H3,(H,73,77)/t46-,49+,50+/m0/s1. The Labute approximate surface area is 479 Å². The summed E-state index contributed by atoms with van der Waals surface area (Å²) in [5, 5.41) is 4.47. The van der Waals surface area contributed by atoms with Gasteiger partial charge in [0.2, 0.25) is 0 Å². The van der Waals surface area contributed by atoms with E-state index in [0.29, 0.717) is 45.9 Å². The molecule has 2 heterocycles. The molecule has 0 fully saturated rings. The van der Waals surface area contributed by atoms with Gasteiger partial charge in [-0.25, -0.2) is 0 Å². The SMILES string of the molecule is Cc1ccc(-c2cc(Cl)ccc2OCc2ccccc2)n1-c1cccc(C(=O)N[C@H](C)c2ccc(C[C@H](C)c3cc(OCc4ccccc4)c(-c4ccc(C)n4-c4cccc(C(=O)N(C)[C@H](C)c5ccccc5)c4)cc3Cl)cc2)c1. The highest BCUT2D eigenvalue weighted by Gasteiger charge is 2.24. The van der Waals surface area contributed by atoms with Crippen molar-refractivity contribution in [1.29, 1.82) is 0 Å². The minimum atomic E-state index is -0.265. The Morgan fingerprint density at radius 1 is 0.525 bits per heavy atom. The minimum Gasteiger partial charge on any atom is -0.488 e. The van der Waals surface area contributed by atoms with Gasteiger partial charge in [-0.3, -0.25) is 9.59 Å². The van der Waals surface area contributed by atoms with Crippen LogP contribution in [0.25, 0.3) is 33.9 Å². The fourth-order valence-electron chi connectivity index (χ4n) is 10.4. The molecule has 10 rings (SSSR count). The van der Waals surface area contributed by atoms with E-state index >= 15 is 0 Å². The number of rotatable bonds is 19. The second-order valence-electron chi connectivity index (χ2n) is 20.6. The minimum absolute atomic E-state index is 0.0223. The Morgan fingerprint density at radius 2 is 1.06 bits per heavy atom. The molecule has 0 aliphatic carbocycles. The lowest BCUT2D eigenvalue weighted by atomic mass is 9.91. The third kappa shape index (κ3) is 12.3. The molecule has 0 saturated carbocycles. The molecule has 0 radical (unpaired) electrons. The van der Waals surface area contributed by atoms with Gasteiger partial charge in [0.1, 0.15) is 24.7 Å². The summed E-state index contributed by atoms with van der Waals surface area (Å²) in [6, 6.07) is 71.8. The van der Waals surface area contributed by atoms with Gasteiger partial charge in [0, 0.05) is 62.1 Å². The van der Waals surface area contributed by atoms with Crippen LogP contribution in [-0.2, 0) is 19.6 Å². The highest BCUT2D eigenvalue weighted by molar-refractivity contribution is 6.32. The van der Waals surface area contributed by atoms with Crippen molar-refractivity contribution in [2.75, 3.05) is 7.05 Å². The number of hydrogen-bond donors (Lipinski definition) is 1. The third-order valence-electron chi connectivity index (χ3n) is 15.0. The Balaban J connectivity index is 0.850. The molecule has 10 aromatic rings. The summed E-state index contributed by atoms with van der Waals surface area (Å²) in [6.07, 6.45) is 0.718. The highest BCUT2D eigenvalue weighted by atomic mass is 35.5. The number of aryl methyl sites for hydroxylation is 2. The fourth-order valence-corrected chi connectivity index (χ4v) is 10.9. The molecule has 0 aliphatic rings. The highest BCUT2D eigenvalue weighted by Crippen LogP contribution is 2.42. The maximum atomic E-state index is 14.0. The Kier molecular flexibility index (Phi) is 16.9. The van der Waals surface area contributed by atoms with Crippen LogP contribution in [0.2, 0.25) is 10.0 Å². The monoisotopic (exact) mass is 1090 g/mol. The first-order chi connectivity index (χ1) is 38.8. The molecule has 10 heteroatoms. The molecular weight excluding hydrogens is 1030 g/mol. The van der Waals surface area contributed by atoms with E-state index in [-0.39, 0.29) is 29.8 Å². The summed E-state index contributed by atoms with van der Waals surface area (Å²) in [5.74, 6) is 1.20. The van der Waals surface area contributed by atoms with Gasteiger partial charge in [0.05, 0.1) is 23.5 Å². The van der Waals surface area contributed by atoms with Crippen LogP contribution in [-0.4, -0.2) is 32.9 Å². The molecule has 0 unspecified atom stereocenters. The predicted molar refractivity (Wildman–Crippen MR) is 325 cm³/mol. The largest absolute Gasteiger partial charge is 0.488 e. The first-order valence-corrected chi connectivity index (χ1v) is 27.8. The zero-order chi connectivity index (χ0) is 55.9. The lowest BCUT2D eigenvalue weighted by molar-refractivity contribution is 0.0742. The van der Waals surface area contributed by atoms with Crippen molar-refractivity contribution < 1.29 is 19.1 Å². The summed E-state index contributed by atoms with van der Waals surface area (Å²) in [4.78, 5) is 29.8. The van der Waals surface area contributed by atoms with Gasteiger partial charge in [-0.05, 0) is 164 Å². The summed E-state index contributed by atoms with van der Waals surface area (Å²) < 4.78 is 17.4. The smallest absolute Gasteiger partial charge is 0.254 e. The van der Waals surface area contributed by atoms with Crippen molar-refractivity contribution in [2.24, 2.45) is 0 Å². The van der Waals surface area contributed by atoms with Crippen LogP contribution in [0.3, 0.4) is 0 Å². The number of aromatic nitrogens is 2. The van der Waals surface area contributed by atoms with Gasteiger partial charge in [-0.2, -0.15) is 0 Å². The molecule has 80 heavy (non-hydrogen) atoms. The van der Waals surface area contributed by atoms with Gasteiger partial charge in [0.25, 0.3) is 11.8 Å². The molecule has 3 atom stereocenters. The molecule has 8 aromatic carbocycles. The van der Waals surface area contributed by atoms with E-state index in [9.17, 15) is 9.59 Å². The average molecular weight is 1100 g/mol. The Bertz CT molecular complexity index is 3780. The van der Waals surface area contributed by atoms with Crippen molar-refractivity contribution in [3.8, 4) is 45.4 Å². The molecule has 1 N–H and O–H groups in total. The lowest BCUT2D eigenvalue weighted by Gasteiger charge is -2.26. The van der Waals surface area contributed by atoms with Crippen LogP contribution >= 0.6 is 23.2 Å². The number of amides is 2. The van der Waals surface area contributed by atoms with Crippen molar-refractivity contribution >= 4 is 35.0 Å². The summed E-state index contributed by atoms with van der Waals surface area (Å²) in [6.45, 7) is 11.1. The molecule has 0 saturated heterocycles. The Hall–Kier alpha value is -8.56. The van der Waals surface area contributed by atoms with E-state index < -0.39 is 0 Å². The van der Waals surface area contributed by atoms with Gasteiger partial charge in [-0.1, -0.05) is 158 Å². The number of nitrogens with zero attached hydrogens (tertiary/aromatic N) is 3. The van der Waals surface area contributed by atoms with E-state index in [0.717, 1.165) is 85.1 Å². The van der Waals surface area contributed by atoms with Gasteiger partial charge in [0.15, 0.2) is 0 Å². The number of hydrogen-bond acceptors (Lipinski definition) is 4. The third-order valence-corrected chi connectivity index (χ3v) is 15.6. The van der Waals surface area contributed by atoms with Crippen molar-refractivity contribution in [3.63, 3.8) is 0 Å². The quantitative estimate of drug-likeness (QED) is 0.0875. The van der Waals surface area contributed by atoms with Gasteiger partial charge < -0.3 is 28.8 Å². The van der Waals surface area contributed by atoms with Gasteiger partial charge >= 0.3 is 0 Å². The van der Waals surface area contributed by atoms with Crippen LogP contribution in [0, 0.1) is 13.8 Å². The normalized spacial score (nSPS) is 12.3. The van der Waals surface area contributed by atoms with E-state index in [1.54, 1.807) is 4.90 Å². The molecule has 0 bridgehead atoms. The maximum absolute atomic E-state index is 14.0. The van der Waals surface area contributed by atoms with Crippen LogP contribution in [0.15, 0.2) is 218 Å². The topological polar surface area (TPSA) is 77.7 Å². The summed E-state index contributed by atoms with van der Waals surface area (Å²) >= 11 is 13.9. The predicted octanol–water partition coefficient (Wildman–Crippen LogP) is 17.4. The first-order valence-electron chi connectivity index (χ1n) is 27.1. The first kappa shape index (κ1) is 54.8. The number of halogens is 2. The summed E-state index contributed by atoms with van der Waals surface area (Å²) in [7, 11) is 1.85. The number of carbonyl (C=O) groups excluding carboxylic acids is 2. The van der Waals surface area contributed by atoms with Crippen LogP contribution in [0.5, 0.6) is 11.5 Å². The van der Waals surface area contributed by atoms with Crippen molar-refractivity contribution in [2.45, 2.75) is 72.3 Å². The van der Waals surface area contributed by atoms with E-state index in [1.165, 1.54) is 0 Å². The number of carbonyl (C=O) groups is 2. The molecule has 402 valence electrons. The molecule has 8 nitrogen and oxygen atoms in total. The number of nitrogens with one attached hydrogen (secondary N) is 1. The lowest BCUT2D eigenvalue weighted by Crippen LogP contribution is -2.29. The molecule has 0 spiro atoms. The number of ether oxygens (including phenoxy) is 2.